The summed E-state index contributed by atoms with van der Waals surface area (Å²) >= 11 is 0. The maximum absolute atomic E-state index is 5.46. The number of nitrogens with zero attached hydrogens (tertiary/aromatic N) is 2. The quantitative estimate of drug-likeness (QED) is 0.887. The highest BCUT2D eigenvalue weighted by Gasteiger charge is 2.21. The standard InChI is InChI=1S/C17H23N3O3/c1-11-7-19-20(9-11)13(3)12(2)18-8-14-5-15(21-4)17-16(6-14)22-10-23-17/h5-7,9,12-13,18H,8,10H2,1-4H3/t12-,13+/m1/s1. The fourth-order valence-electron chi connectivity index (χ4n) is 2.62. The zero-order valence-electron chi connectivity index (χ0n) is 14.0. The van der Waals surface area contributed by atoms with Gasteiger partial charge in [0.1, 0.15) is 0 Å². The van der Waals surface area contributed by atoms with Crippen LogP contribution in [-0.4, -0.2) is 29.7 Å². The number of benzene rings is 1. The molecule has 0 saturated heterocycles. The minimum atomic E-state index is 0.245. The van der Waals surface area contributed by atoms with Crippen LogP contribution in [-0.2, 0) is 6.54 Å². The molecule has 2 atom stereocenters. The molecule has 3 rings (SSSR count). The van der Waals surface area contributed by atoms with Crippen LogP contribution < -0.4 is 19.5 Å². The molecule has 0 spiro atoms. The van der Waals surface area contributed by atoms with Gasteiger partial charge in [-0.15, -0.1) is 0 Å². The van der Waals surface area contributed by atoms with Gasteiger partial charge in [-0.2, -0.15) is 5.10 Å². The molecule has 0 fully saturated rings. The molecule has 1 aliphatic heterocycles. The number of methoxy groups -OCH3 is 1. The molecule has 1 aromatic carbocycles. The van der Waals surface area contributed by atoms with Crippen molar-refractivity contribution in [2.75, 3.05) is 13.9 Å². The second-order valence-electron chi connectivity index (χ2n) is 5.94. The molecule has 2 heterocycles. The largest absolute Gasteiger partial charge is 0.493 e. The van der Waals surface area contributed by atoms with E-state index in [0.29, 0.717) is 11.5 Å². The van der Waals surface area contributed by atoms with Gasteiger partial charge in [-0.05, 0) is 44.0 Å². The molecule has 2 aromatic rings. The van der Waals surface area contributed by atoms with Gasteiger partial charge in [-0.25, -0.2) is 0 Å². The third kappa shape index (κ3) is 3.27. The van der Waals surface area contributed by atoms with E-state index >= 15 is 0 Å². The van der Waals surface area contributed by atoms with Gasteiger partial charge in [0.05, 0.1) is 19.3 Å². The minimum Gasteiger partial charge on any atom is -0.493 e. The first-order valence-corrected chi connectivity index (χ1v) is 7.79. The lowest BCUT2D eigenvalue weighted by atomic mass is 10.1. The summed E-state index contributed by atoms with van der Waals surface area (Å²) in [6, 6.07) is 4.51. The van der Waals surface area contributed by atoms with E-state index in [1.54, 1.807) is 7.11 Å². The smallest absolute Gasteiger partial charge is 0.231 e. The van der Waals surface area contributed by atoms with E-state index in [4.69, 9.17) is 14.2 Å². The lowest BCUT2D eigenvalue weighted by Gasteiger charge is -2.22. The molecular weight excluding hydrogens is 294 g/mol. The van der Waals surface area contributed by atoms with E-state index in [2.05, 4.69) is 30.5 Å². The number of ether oxygens (including phenoxy) is 3. The third-order valence-corrected chi connectivity index (χ3v) is 4.22. The predicted octanol–water partition coefficient (Wildman–Crippen LogP) is 2.67. The molecule has 0 aliphatic carbocycles. The zero-order chi connectivity index (χ0) is 16.4. The van der Waals surface area contributed by atoms with E-state index in [-0.39, 0.29) is 18.9 Å². The maximum Gasteiger partial charge on any atom is 0.231 e. The first kappa shape index (κ1) is 15.7. The van der Waals surface area contributed by atoms with Crippen LogP contribution in [0.3, 0.4) is 0 Å². The van der Waals surface area contributed by atoms with Gasteiger partial charge in [0, 0.05) is 18.8 Å². The average molecular weight is 317 g/mol. The summed E-state index contributed by atoms with van der Waals surface area (Å²) in [5.74, 6) is 2.13. The Labute approximate surface area is 136 Å². The summed E-state index contributed by atoms with van der Waals surface area (Å²) in [5.41, 5.74) is 2.27. The second-order valence-corrected chi connectivity index (χ2v) is 5.94. The van der Waals surface area contributed by atoms with Crippen LogP contribution in [0.1, 0.15) is 31.0 Å². The number of hydrogen-bond acceptors (Lipinski definition) is 5. The molecule has 0 unspecified atom stereocenters. The molecule has 1 N–H and O–H groups in total. The SMILES string of the molecule is COc1cc(CN[C@H](C)[C@H](C)n2cc(C)cn2)cc2c1OCO2. The molecule has 0 saturated carbocycles. The Bertz CT molecular complexity index is 684. The van der Waals surface area contributed by atoms with Crippen LogP contribution in [0.5, 0.6) is 17.2 Å². The number of aromatic nitrogens is 2. The maximum atomic E-state index is 5.46. The molecular formula is C17H23N3O3. The number of hydrogen-bond donors (Lipinski definition) is 1. The van der Waals surface area contributed by atoms with Crippen LogP contribution in [0.4, 0.5) is 0 Å². The van der Waals surface area contributed by atoms with Gasteiger partial charge in [0.2, 0.25) is 12.5 Å². The summed E-state index contributed by atoms with van der Waals surface area (Å²) in [7, 11) is 1.64. The first-order chi connectivity index (χ1) is 11.1. The van der Waals surface area contributed by atoms with Gasteiger partial charge in [0.15, 0.2) is 11.5 Å². The average Bonchev–Trinajstić information content (AvgIpc) is 3.19. The molecule has 1 aliphatic rings. The molecule has 0 amide bonds. The van der Waals surface area contributed by atoms with Crippen LogP contribution in [0.25, 0.3) is 0 Å². The molecule has 0 bridgehead atoms. The Morgan fingerprint density at radius 1 is 1.35 bits per heavy atom. The Morgan fingerprint density at radius 3 is 2.87 bits per heavy atom. The van der Waals surface area contributed by atoms with Gasteiger partial charge < -0.3 is 19.5 Å². The van der Waals surface area contributed by atoms with Crippen molar-refractivity contribution in [1.29, 1.82) is 0 Å². The van der Waals surface area contributed by atoms with Crippen molar-refractivity contribution in [2.45, 2.75) is 39.4 Å². The predicted molar refractivity (Wildman–Crippen MR) is 87.1 cm³/mol. The number of fused-ring (bicyclic) bond motifs is 1. The van der Waals surface area contributed by atoms with E-state index in [1.807, 2.05) is 29.9 Å². The van der Waals surface area contributed by atoms with Crippen LogP contribution in [0, 0.1) is 6.92 Å². The summed E-state index contributed by atoms with van der Waals surface area (Å²) in [4.78, 5) is 0. The van der Waals surface area contributed by atoms with Gasteiger partial charge >= 0.3 is 0 Å². The first-order valence-electron chi connectivity index (χ1n) is 7.79. The molecule has 23 heavy (non-hydrogen) atoms. The Hall–Kier alpha value is -2.21. The molecule has 124 valence electrons. The Balaban J connectivity index is 1.66. The third-order valence-electron chi connectivity index (χ3n) is 4.22. The highest BCUT2D eigenvalue weighted by atomic mass is 16.7. The molecule has 6 heteroatoms. The highest BCUT2D eigenvalue weighted by Crippen LogP contribution is 2.41. The summed E-state index contributed by atoms with van der Waals surface area (Å²) < 4.78 is 18.3. The second kappa shape index (κ2) is 6.50. The Kier molecular flexibility index (Phi) is 4.43. The normalized spacial score (nSPS) is 15.5. The zero-order valence-corrected chi connectivity index (χ0v) is 14.0. The fraction of sp³-hybridized carbons (Fsp3) is 0.471. The van der Waals surface area contributed by atoms with Crippen LogP contribution in [0.2, 0.25) is 0 Å². The van der Waals surface area contributed by atoms with E-state index in [0.717, 1.165) is 17.9 Å². The van der Waals surface area contributed by atoms with Crippen LogP contribution in [0.15, 0.2) is 24.5 Å². The number of aryl methyl sites for hydroxylation is 1. The van der Waals surface area contributed by atoms with Crippen molar-refractivity contribution >= 4 is 0 Å². The molecule has 1 aromatic heterocycles. The van der Waals surface area contributed by atoms with E-state index < -0.39 is 0 Å². The topological polar surface area (TPSA) is 57.5 Å². The number of rotatable bonds is 6. The summed E-state index contributed by atoms with van der Waals surface area (Å²) in [5, 5.41) is 7.92. The molecule has 0 radical (unpaired) electrons. The van der Waals surface area contributed by atoms with Crippen molar-refractivity contribution in [3.8, 4) is 17.2 Å². The van der Waals surface area contributed by atoms with Gasteiger partial charge in [-0.3, -0.25) is 4.68 Å². The fourth-order valence-corrected chi connectivity index (χ4v) is 2.62. The van der Waals surface area contributed by atoms with Crippen molar-refractivity contribution in [1.82, 2.24) is 15.1 Å². The minimum absolute atomic E-state index is 0.245. The van der Waals surface area contributed by atoms with E-state index in [1.165, 1.54) is 5.56 Å². The Morgan fingerprint density at radius 2 is 2.17 bits per heavy atom. The lowest BCUT2D eigenvalue weighted by Crippen LogP contribution is -2.33. The van der Waals surface area contributed by atoms with Crippen molar-refractivity contribution in [3.63, 3.8) is 0 Å². The summed E-state index contributed by atoms with van der Waals surface area (Å²) in [6.45, 7) is 7.33. The van der Waals surface area contributed by atoms with Gasteiger partial charge in [-0.1, -0.05) is 0 Å². The monoisotopic (exact) mass is 317 g/mol. The van der Waals surface area contributed by atoms with E-state index in [9.17, 15) is 0 Å². The number of nitrogens with one attached hydrogen (secondary N) is 1. The molecule has 6 nitrogen and oxygen atoms in total. The van der Waals surface area contributed by atoms with Crippen molar-refractivity contribution in [2.24, 2.45) is 0 Å². The summed E-state index contributed by atoms with van der Waals surface area (Å²) in [6.07, 6.45) is 3.94. The van der Waals surface area contributed by atoms with Gasteiger partial charge in [0.25, 0.3) is 0 Å². The van der Waals surface area contributed by atoms with Crippen molar-refractivity contribution in [3.05, 3.63) is 35.7 Å². The highest BCUT2D eigenvalue weighted by molar-refractivity contribution is 5.55. The lowest BCUT2D eigenvalue weighted by molar-refractivity contribution is 0.171. The van der Waals surface area contributed by atoms with Crippen LogP contribution >= 0.6 is 0 Å². The van der Waals surface area contributed by atoms with Crippen molar-refractivity contribution < 1.29 is 14.2 Å².